The van der Waals surface area contributed by atoms with Crippen LogP contribution in [0, 0.1) is 0 Å². The highest BCUT2D eigenvalue weighted by molar-refractivity contribution is 7.79. The summed E-state index contributed by atoms with van der Waals surface area (Å²) in [5, 5.41) is 21.6. The second-order valence-corrected chi connectivity index (χ2v) is 8.50. The molecule has 3 aromatic carbocycles. The van der Waals surface area contributed by atoms with Crippen LogP contribution in [0.4, 0.5) is 9.59 Å². The summed E-state index contributed by atoms with van der Waals surface area (Å²) in [5.41, 5.74) is 4.03. The number of benzene rings is 3. The minimum Gasteiger partial charge on any atom is -0.465 e. The molecule has 0 bridgehead atoms. The third-order valence-electron chi connectivity index (χ3n) is 3.46. The van der Waals surface area contributed by atoms with Gasteiger partial charge in [-0.1, -0.05) is 91.0 Å². The Bertz CT molecular complexity index is 778. The van der Waals surface area contributed by atoms with E-state index in [2.05, 4.69) is 102 Å². The maximum Gasteiger partial charge on any atom is 0.404 e. The molecule has 2 amide bonds. The molecule has 0 aliphatic carbocycles. The smallest absolute Gasteiger partial charge is 0.404 e. The highest BCUT2D eigenvalue weighted by Crippen LogP contribution is 2.32. The largest absolute Gasteiger partial charge is 0.465 e. The van der Waals surface area contributed by atoms with Crippen molar-refractivity contribution in [3.05, 3.63) is 91.0 Å². The highest BCUT2D eigenvalue weighted by atomic mass is 31.1. The Kier molecular flexibility index (Phi) is 11.3. The maximum absolute atomic E-state index is 9.70. The molecular formula is C23H27N2O4P. The van der Waals surface area contributed by atoms with E-state index in [0.29, 0.717) is 0 Å². The number of nitrogens with two attached hydrogens (primary N) is 1. The van der Waals surface area contributed by atoms with Gasteiger partial charge in [0, 0.05) is 6.04 Å². The first kappa shape index (κ1) is 24.7. The van der Waals surface area contributed by atoms with Gasteiger partial charge in [-0.15, -0.1) is 0 Å². The minimum atomic E-state index is -1.33. The number of carboxylic acid groups (broad SMARTS) is 2. The van der Waals surface area contributed by atoms with Gasteiger partial charge in [-0.05, 0) is 37.7 Å². The first-order valence-electron chi connectivity index (χ1n) is 9.24. The van der Waals surface area contributed by atoms with Gasteiger partial charge >= 0.3 is 12.2 Å². The lowest BCUT2D eigenvalue weighted by atomic mass is 10.4. The standard InChI is InChI=1S/C18H15P.C4H9NO2.CH3NO2/c1-4-10-16(11-5-1)19(17-12-6-2-7-13-17)18-14-8-3-9-15-18;1-3(2)5-4(6)7;2-1(3)4/h1-15H;3,5H,1-2H3,(H,6,7);2H2,(H,3,4). The zero-order valence-electron chi connectivity index (χ0n) is 17.0. The van der Waals surface area contributed by atoms with Gasteiger partial charge in [-0.2, -0.15) is 0 Å². The fourth-order valence-corrected chi connectivity index (χ4v) is 4.73. The van der Waals surface area contributed by atoms with Gasteiger partial charge in [0.25, 0.3) is 0 Å². The average molecular weight is 426 g/mol. The number of rotatable bonds is 4. The minimum absolute atomic E-state index is 0.0255. The van der Waals surface area contributed by atoms with Gasteiger partial charge in [0.2, 0.25) is 0 Å². The lowest BCUT2D eigenvalue weighted by molar-refractivity contribution is 0.191. The van der Waals surface area contributed by atoms with Crippen molar-refractivity contribution in [1.29, 1.82) is 0 Å². The summed E-state index contributed by atoms with van der Waals surface area (Å²) in [6.45, 7) is 3.54. The summed E-state index contributed by atoms with van der Waals surface area (Å²) in [6.07, 6.45) is -2.30. The van der Waals surface area contributed by atoms with E-state index in [9.17, 15) is 4.79 Å². The van der Waals surface area contributed by atoms with E-state index < -0.39 is 20.1 Å². The summed E-state index contributed by atoms with van der Waals surface area (Å²) < 4.78 is 0. The van der Waals surface area contributed by atoms with Crippen molar-refractivity contribution in [2.45, 2.75) is 19.9 Å². The van der Waals surface area contributed by atoms with Gasteiger partial charge in [-0.3, -0.25) is 0 Å². The molecule has 0 saturated heterocycles. The molecule has 0 aliphatic rings. The van der Waals surface area contributed by atoms with Crippen LogP contribution in [-0.2, 0) is 0 Å². The van der Waals surface area contributed by atoms with Gasteiger partial charge < -0.3 is 21.3 Å². The lowest BCUT2D eigenvalue weighted by Gasteiger charge is -2.18. The molecule has 158 valence electrons. The van der Waals surface area contributed by atoms with E-state index in [0.717, 1.165) is 0 Å². The Hall–Kier alpha value is -3.37. The molecule has 0 fully saturated rings. The van der Waals surface area contributed by atoms with Crippen LogP contribution in [0.5, 0.6) is 0 Å². The van der Waals surface area contributed by atoms with Crippen LogP contribution >= 0.6 is 7.92 Å². The van der Waals surface area contributed by atoms with E-state index in [4.69, 9.17) is 15.0 Å². The van der Waals surface area contributed by atoms with Crippen LogP contribution in [0.1, 0.15) is 13.8 Å². The summed E-state index contributed by atoms with van der Waals surface area (Å²) in [6, 6.07) is 32.4. The summed E-state index contributed by atoms with van der Waals surface area (Å²) in [4.78, 5) is 18.5. The van der Waals surface area contributed by atoms with Crippen molar-refractivity contribution in [1.82, 2.24) is 5.32 Å². The van der Waals surface area contributed by atoms with Crippen molar-refractivity contribution in [3.8, 4) is 0 Å². The zero-order valence-corrected chi connectivity index (χ0v) is 17.9. The molecule has 6 nitrogen and oxygen atoms in total. The Balaban J connectivity index is 0.000000343. The molecule has 0 radical (unpaired) electrons. The third kappa shape index (κ3) is 10.2. The zero-order chi connectivity index (χ0) is 22.4. The Morgan fingerprint density at radius 2 is 1.00 bits per heavy atom. The molecule has 0 spiro atoms. The highest BCUT2D eigenvalue weighted by Gasteiger charge is 2.14. The van der Waals surface area contributed by atoms with Crippen LogP contribution in [0.15, 0.2) is 91.0 Å². The summed E-state index contributed by atoms with van der Waals surface area (Å²) >= 11 is 0. The Morgan fingerprint density at radius 1 is 0.733 bits per heavy atom. The fourth-order valence-electron chi connectivity index (χ4n) is 2.43. The Labute approximate surface area is 178 Å². The quantitative estimate of drug-likeness (QED) is 0.476. The third-order valence-corrected chi connectivity index (χ3v) is 5.90. The van der Waals surface area contributed by atoms with Crippen molar-refractivity contribution in [2.24, 2.45) is 5.73 Å². The van der Waals surface area contributed by atoms with Crippen LogP contribution in [0.3, 0.4) is 0 Å². The number of nitrogens with one attached hydrogen (secondary N) is 1. The van der Waals surface area contributed by atoms with Crippen molar-refractivity contribution in [2.75, 3.05) is 0 Å². The molecule has 30 heavy (non-hydrogen) atoms. The fraction of sp³-hybridized carbons (Fsp3) is 0.130. The predicted octanol–water partition coefficient (Wildman–Crippen LogP) is 3.73. The summed E-state index contributed by atoms with van der Waals surface area (Å²) in [7, 11) is -0.446. The van der Waals surface area contributed by atoms with E-state index in [-0.39, 0.29) is 6.04 Å². The Morgan fingerprint density at radius 3 is 1.17 bits per heavy atom. The molecule has 7 heteroatoms. The monoisotopic (exact) mass is 426 g/mol. The maximum atomic E-state index is 9.70. The van der Waals surface area contributed by atoms with E-state index >= 15 is 0 Å². The van der Waals surface area contributed by atoms with Gasteiger partial charge in [0.1, 0.15) is 0 Å². The van der Waals surface area contributed by atoms with Gasteiger partial charge in [-0.25, -0.2) is 9.59 Å². The van der Waals surface area contributed by atoms with Crippen LogP contribution in [0.25, 0.3) is 0 Å². The molecule has 0 aromatic heterocycles. The van der Waals surface area contributed by atoms with Crippen molar-refractivity contribution >= 4 is 36.0 Å². The van der Waals surface area contributed by atoms with E-state index in [1.165, 1.54) is 15.9 Å². The molecule has 0 atom stereocenters. The molecule has 0 saturated carbocycles. The van der Waals surface area contributed by atoms with Crippen molar-refractivity contribution in [3.63, 3.8) is 0 Å². The van der Waals surface area contributed by atoms with E-state index in [1.54, 1.807) is 13.8 Å². The van der Waals surface area contributed by atoms with Crippen LogP contribution in [0.2, 0.25) is 0 Å². The second-order valence-electron chi connectivity index (χ2n) is 6.28. The number of hydrogen-bond acceptors (Lipinski definition) is 2. The summed E-state index contributed by atoms with van der Waals surface area (Å²) in [5.74, 6) is 0. The van der Waals surface area contributed by atoms with Crippen LogP contribution < -0.4 is 27.0 Å². The SMILES string of the molecule is CC(C)NC(=O)O.NC(=O)O.c1ccc(P(c2ccccc2)c2ccccc2)cc1. The molecule has 0 unspecified atom stereocenters. The number of amides is 2. The number of primary amides is 1. The van der Waals surface area contributed by atoms with Gasteiger partial charge in [0.15, 0.2) is 0 Å². The van der Waals surface area contributed by atoms with Crippen LogP contribution in [-0.4, -0.2) is 28.4 Å². The lowest BCUT2D eigenvalue weighted by Crippen LogP contribution is -2.27. The van der Waals surface area contributed by atoms with Crippen molar-refractivity contribution < 1.29 is 19.8 Å². The number of hydrogen-bond donors (Lipinski definition) is 4. The number of carbonyl (C=O) groups is 2. The average Bonchev–Trinajstić information content (AvgIpc) is 2.70. The molecule has 5 N–H and O–H groups in total. The topological polar surface area (TPSA) is 113 Å². The normalized spacial score (nSPS) is 9.60. The van der Waals surface area contributed by atoms with E-state index in [1.807, 2.05) is 0 Å². The molecular weight excluding hydrogens is 399 g/mol. The molecule has 3 aromatic rings. The molecule has 0 aliphatic heterocycles. The first-order valence-corrected chi connectivity index (χ1v) is 10.6. The molecule has 3 rings (SSSR count). The van der Waals surface area contributed by atoms with Gasteiger partial charge in [0.05, 0.1) is 0 Å². The first-order chi connectivity index (χ1) is 14.3. The second kappa shape index (κ2) is 13.7. The molecule has 0 heterocycles. The predicted molar refractivity (Wildman–Crippen MR) is 124 cm³/mol.